The molecule has 0 radical (unpaired) electrons. The SMILES string of the molecule is O=C1OC(=Cc2cc(Cl)cc(Cl)c2)c2ccccc21. The Bertz CT molecular complexity index is 685. The highest BCUT2D eigenvalue weighted by Crippen LogP contribution is 2.32. The fourth-order valence-corrected chi connectivity index (χ4v) is 2.55. The summed E-state index contributed by atoms with van der Waals surface area (Å²) in [6.45, 7) is 0. The Labute approximate surface area is 120 Å². The summed E-state index contributed by atoms with van der Waals surface area (Å²) in [4.78, 5) is 11.7. The van der Waals surface area contributed by atoms with Gasteiger partial charge in [-0.25, -0.2) is 4.79 Å². The molecule has 94 valence electrons. The first-order chi connectivity index (χ1) is 9.13. The lowest BCUT2D eigenvalue weighted by Crippen LogP contribution is -1.92. The van der Waals surface area contributed by atoms with E-state index in [0.717, 1.165) is 11.1 Å². The van der Waals surface area contributed by atoms with Gasteiger partial charge in [-0.3, -0.25) is 0 Å². The predicted octanol–water partition coefficient (Wildman–Crippen LogP) is 4.66. The molecular weight excluding hydrogens is 283 g/mol. The average Bonchev–Trinajstić information content (AvgIpc) is 2.66. The van der Waals surface area contributed by atoms with Crippen LogP contribution < -0.4 is 0 Å². The van der Waals surface area contributed by atoms with Gasteiger partial charge in [0.2, 0.25) is 0 Å². The van der Waals surface area contributed by atoms with Gasteiger partial charge in [-0.1, -0.05) is 41.4 Å². The Morgan fingerprint density at radius 1 is 0.947 bits per heavy atom. The lowest BCUT2D eigenvalue weighted by molar-refractivity contribution is 0.0717. The molecule has 0 fully saturated rings. The van der Waals surface area contributed by atoms with Gasteiger partial charge in [0.1, 0.15) is 5.76 Å². The van der Waals surface area contributed by atoms with Crippen molar-refractivity contribution in [1.82, 2.24) is 0 Å². The van der Waals surface area contributed by atoms with Gasteiger partial charge in [0.05, 0.1) is 5.56 Å². The van der Waals surface area contributed by atoms with Crippen LogP contribution in [0.5, 0.6) is 0 Å². The third kappa shape index (κ3) is 2.37. The molecule has 0 atom stereocenters. The molecule has 19 heavy (non-hydrogen) atoms. The third-order valence-corrected chi connectivity index (χ3v) is 3.23. The van der Waals surface area contributed by atoms with Crippen LogP contribution in [0.25, 0.3) is 11.8 Å². The zero-order valence-electron chi connectivity index (χ0n) is 9.69. The van der Waals surface area contributed by atoms with Gasteiger partial charge in [0, 0.05) is 15.6 Å². The molecule has 0 aromatic heterocycles. The number of hydrogen-bond donors (Lipinski definition) is 0. The molecule has 0 spiro atoms. The van der Waals surface area contributed by atoms with Crippen LogP contribution in [0.1, 0.15) is 21.5 Å². The smallest absolute Gasteiger partial charge is 0.344 e. The summed E-state index contributed by atoms with van der Waals surface area (Å²) in [5.74, 6) is 0.175. The van der Waals surface area contributed by atoms with Gasteiger partial charge < -0.3 is 4.74 Å². The lowest BCUT2D eigenvalue weighted by atomic mass is 10.1. The number of cyclic esters (lactones) is 1. The zero-order valence-corrected chi connectivity index (χ0v) is 11.2. The minimum absolute atomic E-state index is 0.338. The number of halogens is 2. The molecule has 0 unspecified atom stereocenters. The average molecular weight is 291 g/mol. The maximum Gasteiger partial charge on any atom is 0.344 e. The van der Waals surface area contributed by atoms with Crippen molar-refractivity contribution in [1.29, 1.82) is 0 Å². The molecule has 0 amide bonds. The number of carbonyl (C=O) groups is 1. The summed E-state index contributed by atoms with van der Waals surface area (Å²) >= 11 is 11.9. The van der Waals surface area contributed by atoms with E-state index >= 15 is 0 Å². The third-order valence-electron chi connectivity index (χ3n) is 2.80. The van der Waals surface area contributed by atoms with Crippen LogP contribution >= 0.6 is 23.2 Å². The van der Waals surface area contributed by atoms with Crippen molar-refractivity contribution in [2.45, 2.75) is 0 Å². The van der Waals surface area contributed by atoms with Crippen LogP contribution in [0, 0.1) is 0 Å². The topological polar surface area (TPSA) is 26.3 Å². The Morgan fingerprint density at radius 2 is 1.58 bits per heavy atom. The Hall–Kier alpha value is -1.77. The molecule has 0 saturated heterocycles. The van der Waals surface area contributed by atoms with Crippen molar-refractivity contribution < 1.29 is 9.53 Å². The van der Waals surface area contributed by atoms with Crippen LogP contribution in [0.15, 0.2) is 42.5 Å². The van der Waals surface area contributed by atoms with E-state index in [1.165, 1.54) is 0 Å². The molecule has 3 rings (SSSR count). The first kappa shape index (κ1) is 12.3. The van der Waals surface area contributed by atoms with Gasteiger partial charge >= 0.3 is 5.97 Å². The minimum atomic E-state index is -0.338. The van der Waals surface area contributed by atoms with E-state index in [4.69, 9.17) is 27.9 Å². The molecule has 2 aromatic carbocycles. The normalized spacial score (nSPS) is 15.5. The van der Waals surface area contributed by atoms with Gasteiger partial charge in [-0.2, -0.15) is 0 Å². The Morgan fingerprint density at radius 3 is 2.26 bits per heavy atom. The van der Waals surface area contributed by atoms with Gasteiger partial charge in [0.15, 0.2) is 0 Å². The monoisotopic (exact) mass is 290 g/mol. The summed E-state index contributed by atoms with van der Waals surface area (Å²) in [6, 6.07) is 12.4. The number of carbonyl (C=O) groups excluding carboxylic acids is 1. The Kier molecular flexibility index (Phi) is 3.05. The van der Waals surface area contributed by atoms with E-state index in [1.807, 2.05) is 12.1 Å². The molecule has 0 aliphatic carbocycles. The standard InChI is InChI=1S/C15H8Cl2O2/c16-10-5-9(6-11(17)8-10)7-14-12-3-1-2-4-13(12)15(18)19-14/h1-8H. The van der Waals surface area contributed by atoms with Crippen molar-refractivity contribution in [3.63, 3.8) is 0 Å². The molecule has 1 heterocycles. The number of benzene rings is 2. The molecule has 4 heteroatoms. The molecule has 1 aliphatic rings. The molecule has 0 bridgehead atoms. The quantitative estimate of drug-likeness (QED) is 0.714. The molecule has 1 aliphatic heterocycles. The van der Waals surface area contributed by atoms with E-state index in [-0.39, 0.29) is 5.97 Å². The second kappa shape index (κ2) is 4.72. The van der Waals surface area contributed by atoms with Crippen LogP contribution in [-0.4, -0.2) is 5.97 Å². The molecule has 0 N–H and O–H groups in total. The van der Waals surface area contributed by atoms with Crippen molar-refractivity contribution in [3.05, 3.63) is 69.2 Å². The van der Waals surface area contributed by atoms with Gasteiger partial charge in [-0.15, -0.1) is 0 Å². The molecule has 2 aromatic rings. The van der Waals surface area contributed by atoms with Crippen LogP contribution in [0.3, 0.4) is 0 Å². The lowest BCUT2D eigenvalue weighted by Gasteiger charge is -2.01. The minimum Gasteiger partial charge on any atom is -0.422 e. The van der Waals surface area contributed by atoms with E-state index in [2.05, 4.69) is 0 Å². The predicted molar refractivity (Wildman–Crippen MR) is 76.2 cm³/mol. The molecule has 2 nitrogen and oxygen atoms in total. The summed E-state index contributed by atoms with van der Waals surface area (Å²) in [5.41, 5.74) is 2.14. The summed E-state index contributed by atoms with van der Waals surface area (Å²) < 4.78 is 5.25. The number of rotatable bonds is 1. The molecular formula is C15H8Cl2O2. The van der Waals surface area contributed by atoms with Gasteiger partial charge in [-0.05, 0) is 35.9 Å². The van der Waals surface area contributed by atoms with E-state index in [9.17, 15) is 4.79 Å². The van der Waals surface area contributed by atoms with Crippen molar-refractivity contribution in [2.75, 3.05) is 0 Å². The van der Waals surface area contributed by atoms with Crippen LogP contribution in [0.2, 0.25) is 10.0 Å². The first-order valence-electron chi connectivity index (χ1n) is 5.63. The summed E-state index contributed by atoms with van der Waals surface area (Å²) in [6.07, 6.45) is 1.75. The van der Waals surface area contributed by atoms with Crippen molar-refractivity contribution >= 4 is 41.0 Å². The second-order valence-electron chi connectivity index (χ2n) is 4.15. The highest BCUT2D eigenvalue weighted by molar-refractivity contribution is 6.34. The van der Waals surface area contributed by atoms with Crippen LogP contribution in [-0.2, 0) is 4.74 Å². The first-order valence-corrected chi connectivity index (χ1v) is 6.38. The van der Waals surface area contributed by atoms with E-state index in [0.29, 0.717) is 21.4 Å². The number of hydrogen-bond acceptors (Lipinski definition) is 2. The number of esters is 1. The fourth-order valence-electron chi connectivity index (χ4n) is 2.00. The molecule has 0 saturated carbocycles. The number of ether oxygens (including phenoxy) is 1. The maximum atomic E-state index is 11.7. The van der Waals surface area contributed by atoms with Gasteiger partial charge in [0.25, 0.3) is 0 Å². The fraction of sp³-hybridized carbons (Fsp3) is 0. The highest BCUT2D eigenvalue weighted by atomic mass is 35.5. The maximum absolute atomic E-state index is 11.7. The summed E-state index contributed by atoms with van der Waals surface area (Å²) in [7, 11) is 0. The van der Waals surface area contributed by atoms with E-state index in [1.54, 1.807) is 36.4 Å². The number of fused-ring (bicyclic) bond motifs is 1. The summed E-state index contributed by atoms with van der Waals surface area (Å²) in [5, 5.41) is 1.08. The largest absolute Gasteiger partial charge is 0.422 e. The zero-order chi connectivity index (χ0) is 13.4. The van der Waals surface area contributed by atoms with Crippen LogP contribution in [0.4, 0.5) is 0 Å². The highest BCUT2D eigenvalue weighted by Gasteiger charge is 2.25. The van der Waals surface area contributed by atoms with Crippen molar-refractivity contribution in [3.8, 4) is 0 Å². The van der Waals surface area contributed by atoms with Crippen molar-refractivity contribution in [2.24, 2.45) is 0 Å². The second-order valence-corrected chi connectivity index (χ2v) is 5.02. The van der Waals surface area contributed by atoms with E-state index < -0.39 is 0 Å². The Balaban J connectivity index is 2.08.